The number of piperidine rings is 1. The Hall–Kier alpha value is -2.37. The summed E-state index contributed by atoms with van der Waals surface area (Å²) in [5, 5.41) is 8.10. The topological polar surface area (TPSA) is 77.0 Å². The normalized spacial score (nSPS) is 18.7. The van der Waals surface area contributed by atoms with Gasteiger partial charge in [0.2, 0.25) is 0 Å². The molecule has 1 aliphatic rings. The summed E-state index contributed by atoms with van der Waals surface area (Å²) in [4.78, 5) is 14.5. The molecule has 1 atom stereocenters. The third-order valence-corrected chi connectivity index (χ3v) is 4.01. The van der Waals surface area contributed by atoms with E-state index < -0.39 is 0 Å². The standard InChI is InChI=1S/C15H19N5O/c1-19-10-17-18-14(19)11-5-4-8-20(9-11)15(21)12-6-2-3-7-13(12)16/h2-3,6-7,10-11H,4-5,8-9,16H2,1H3. The summed E-state index contributed by atoms with van der Waals surface area (Å²) in [6.45, 7) is 1.43. The molecule has 1 unspecified atom stereocenters. The Labute approximate surface area is 123 Å². The third-order valence-electron chi connectivity index (χ3n) is 4.01. The van der Waals surface area contributed by atoms with E-state index in [4.69, 9.17) is 5.73 Å². The van der Waals surface area contributed by atoms with Gasteiger partial charge in [0.15, 0.2) is 0 Å². The maximum atomic E-state index is 12.6. The zero-order chi connectivity index (χ0) is 14.8. The highest BCUT2D eigenvalue weighted by Gasteiger charge is 2.28. The van der Waals surface area contributed by atoms with E-state index in [0.29, 0.717) is 17.8 Å². The highest BCUT2D eigenvalue weighted by molar-refractivity contribution is 5.99. The molecule has 2 N–H and O–H groups in total. The molecule has 3 rings (SSSR count). The Kier molecular flexibility index (Phi) is 3.60. The number of carbonyl (C=O) groups is 1. The van der Waals surface area contributed by atoms with Crippen LogP contribution in [0, 0.1) is 0 Å². The monoisotopic (exact) mass is 285 g/mol. The first-order chi connectivity index (χ1) is 10.2. The second-order valence-electron chi connectivity index (χ2n) is 5.48. The van der Waals surface area contributed by atoms with Crippen LogP contribution < -0.4 is 5.73 Å². The van der Waals surface area contributed by atoms with Gasteiger partial charge in [-0.1, -0.05) is 12.1 Å². The van der Waals surface area contributed by atoms with Gasteiger partial charge >= 0.3 is 0 Å². The second kappa shape index (κ2) is 5.55. The molecule has 1 amide bonds. The van der Waals surface area contributed by atoms with Gasteiger partial charge in [-0.05, 0) is 25.0 Å². The van der Waals surface area contributed by atoms with Gasteiger partial charge in [0.25, 0.3) is 5.91 Å². The number of nitrogen functional groups attached to an aromatic ring is 1. The van der Waals surface area contributed by atoms with Crippen molar-refractivity contribution in [3.05, 3.63) is 42.0 Å². The first-order valence-electron chi connectivity index (χ1n) is 7.14. The van der Waals surface area contributed by atoms with Gasteiger partial charge in [0.1, 0.15) is 12.2 Å². The summed E-state index contributed by atoms with van der Waals surface area (Å²) in [6.07, 6.45) is 3.70. The molecule has 0 bridgehead atoms. The fraction of sp³-hybridized carbons (Fsp3) is 0.400. The van der Waals surface area contributed by atoms with Crippen LogP contribution in [0.25, 0.3) is 0 Å². The maximum absolute atomic E-state index is 12.6. The molecule has 2 heterocycles. The number of nitrogens with two attached hydrogens (primary N) is 1. The number of para-hydroxylation sites is 1. The molecule has 6 nitrogen and oxygen atoms in total. The molecule has 1 saturated heterocycles. The van der Waals surface area contributed by atoms with Gasteiger partial charge in [-0.15, -0.1) is 10.2 Å². The van der Waals surface area contributed by atoms with Crippen molar-refractivity contribution in [2.75, 3.05) is 18.8 Å². The second-order valence-corrected chi connectivity index (χ2v) is 5.48. The smallest absolute Gasteiger partial charge is 0.255 e. The minimum Gasteiger partial charge on any atom is -0.398 e. The van der Waals surface area contributed by atoms with Crippen molar-refractivity contribution >= 4 is 11.6 Å². The zero-order valence-corrected chi connectivity index (χ0v) is 12.1. The molecule has 2 aromatic rings. The van der Waals surface area contributed by atoms with Gasteiger partial charge in [0, 0.05) is 31.7 Å². The molecule has 1 fully saturated rings. The minimum absolute atomic E-state index is 0.0000293. The van der Waals surface area contributed by atoms with Crippen molar-refractivity contribution in [3.63, 3.8) is 0 Å². The van der Waals surface area contributed by atoms with Crippen molar-refractivity contribution < 1.29 is 4.79 Å². The fourth-order valence-electron chi connectivity index (χ4n) is 2.90. The number of hydrogen-bond donors (Lipinski definition) is 1. The lowest BCUT2D eigenvalue weighted by Gasteiger charge is -2.32. The van der Waals surface area contributed by atoms with Crippen LogP contribution in [0.4, 0.5) is 5.69 Å². The predicted molar refractivity (Wildman–Crippen MR) is 79.7 cm³/mol. The minimum atomic E-state index is -0.0000293. The number of likely N-dealkylation sites (tertiary alicyclic amines) is 1. The third kappa shape index (κ3) is 2.61. The Balaban J connectivity index is 1.79. The van der Waals surface area contributed by atoms with Crippen molar-refractivity contribution in [2.24, 2.45) is 7.05 Å². The molecule has 0 saturated carbocycles. The van der Waals surface area contributed by atoms with E-state index in [1.807, 2.05) is 28.6 Å². The van der Waals surface area contributed by atoms with Gasteiger partial charge < -0.3 is 15.2 Å². The predicted octanol–water partition coefficient (Wildman–Crippen LogP) is 1.42. The lowest BCUT2D eigenvalue weighted by atomic mass is 9.96. The van der Waals surface area contributed by atoms with Gasteiger partial charge in [-0.25, -0.2) is 0 Å². The van der Waals surface area contributed by atoms with Crippen LogP contribution in [0.2, 0.25) is 0 Å². The van der Waals surface area contributed by atoms with Gasteiger partial charge in [0.05, 0.1) is 5.56 Å². The number of anilines is 1. The highest BCUT2D eigenvalue weighted by Crippen LogP contribution is 2.26. The van der Waals surface area contributed by atoms with E-state index in [1.165, 1.54) is 0 Å². The number of aromatic nitrogens is 3. The lowest BCUT2D eigenvalue weighted by Crippen LogP contribution is -2.40. The number of benzene rings is 1. The first-order valence-corrected chi connectivity index (χ1v) is 7.14. The van der Waals surface area contributed by atoms with Crippen LogP contribution in [0.15, 0.2) is 30.6 Å². The fourth-order valence-corrected chi connectivity index (χ4v) is 2.90. The molecule has 0 spiro atoms. The lowest BCUT2D eigenvalue weighted by molar-refractivity contribution is 0.0704. The van der Waals surface area contributed by atoms with Crippen LogP contribution >= 0.6 is 0 Å². The summed E-state index contributed by atoms with van der Waals surface area (Å²) in [5.74, 6) is 1.17. The van der Waals surface area contributed by atoms with Crippen LogP contribution in [-0.2, 0) is 7.05 Å². The molecule has 0 radical (unpaired) electrons. The Morgan fingerprint density at radius 2 is 2.19 bits per heavy atom. The maximum Gasteiger partial charge on any atom is 0.255 e. The summed E-state index contributed by atoms with van der Waals surface area (Å²) in [7, 11) is 1.94. The van der Waals surface area contributed by atoms with Crippen molar-refractivity contribution in [1.29, 1.82) is 0 Å². The van der Waals surface area contributed by atoms with E-state index in [9.17, 15) is 4.79 Å². The number of rotatable bonds is 2. The van der Waals surface area contributed by atoms with Crippen molar-refractivity contribution in [2.45, 2.75) is 18.8 Å². The molecule has 110 valence electrons. The number of amides is 1. The molecule has 6 heteroatoms. The molecule has 0 aliphatic carbocycles. The van der Waals surface area contributed by atoms with Crippen LogP contribution in [0.1, 0.15) is 34.9 Å². The average Bonchev–Trinajstić information content (AvgIpc) is 2.93. The highest BCUT2D eigenvalue weighted by atomic mass is 16.2. The van der Waals surface area contributed by atoms with E-state index in [2.05, 4.69) is 10.2 Å². The van der Waals surface area contributed by atoms with E-state index in [1.54, 1.807) is 18.5 Å². The Bertz CT molecular complexity index is 651. The summed E-state index contributed by atoms with van der Waals surface area (Å²) in [6, 6.07) is 7.22. The summed E-state index contributed by atoms with van der Waals surface area (Å²) >= 11 is 0. The van der Waals surface area contributed by atoms with Gasteiger partial charge in [-0.3, -0.25) is 4.79 Å². The van der Waals surface area contributed by atoms with E-state index in [0.717, 1.165) is 25.2 Å². The first kappa shape index (κ1) is 13.6. The van der Waals surface area contributed by atoms with E-state index >= 15 is 0 Å². The number of carbonyl (C=O) groups excluding carboxylic acids is 1. The molecule has 1 aliphatic heterocycles. The van der Waals surface area contributed by atoms with Crippen LogP contribution in [0.3, 0.4) is 0 Å². The number of nitrogens with zero attached hydrogens (tertiary/aromatic N) is 4. The molecule has 1 aromatic heterocycles. The van der Waals surface area contributed by atoms with Crippen molar-refractivity contribution in [3.8, 4) is 0 Å². The Morgan fingerprint density at radius 1 is 1.38 bits per heavy atom. The number of aryl methyl sites for hydroxylation is 1. The van der Waals surface area contributed by atoms with E-state index in [-0.39, 0.29) is 11.8 Å². The molecule has 1 aromatic carbocycles. The van der Waals surface area contributed by atoms with Crippen LogP contribution in [0.5, 0.6) is 0 Å². The number of hydrogen-bond acceptors (Lipinski definition) is 4. The summed E-state index contributed by atoms with van der Waals surface area (Å²) < 4.78 is 1.93. The average molecular weight is 285 g/mol. The largest absolute Gasteiger partial charge is 0.398 e. The zero-order valence-electron chi connectivity index (χ0n) is 12.1. The Morgan fingerprint density at radius 3 is 2.90 bits per heavy atom. The van der Waals surface area contributed by atoms with Crippen LogP contribution in [-0.4, -0.2) is 38.7 Å². The quantitative estimate of drug-likeness (QED) is 0.846. The molecular weight excluding hydrogens is 266 g/mol. The molecule has 21 heavy (non-hydrogen) atoms. The SMILES string of the molecule is Cn1cnnc1C1CCCN(C(=O)c2ccccc2N)C1. The summed E-state index contributed by atoms with van der Waals surface area (Å²) in [5.41, 5.74) is 7.02. The van der Waals surface area contributed by atoms with Crippen molar-refractivity contribution in [1.82, 2.24) is 19.7 Å². The molecular formula is C15H19N5O. The van der Waals surface area contributed by atoms with Gasteiger partial charge in [-0.2, -0.15) is 0 Å².